The van der Waals surface area contributed by atoms with Crippen molar-refractivity contribution in [1.82, 2.24) is 4.90 Å². The topological polar surface area (TPSA) is 145 Å². The molecule has 0 spiro atoms. The predicted octanol–water partition coefficient (Wildman–Crippen LogP) is 3.02. The summed E-state index contributed by atoms with van der Waals surface area (Å²) in [6.07, 6.45) is 1.42. The lowest BCUT2D eigenvalue weighted by Crippen LogP contribution is -2.34. The van der Waals surface area contributed by atoms with Crippen molar-refractivity contribution in [1.29, 1.82) is 0 Å². The fourth-order valence-corrected chi connectivity index (χ4v) is 4.79. The van der Waals surface area contributed by atoms with Gasteiger partial charge in [-0.15, -0.1) is 0 Å². The van der Waals surface area contributed by atoms with Gasteiger partial charge in [0.05, 0.1) is 18.6 Å². The SMILES string of the molecule is CCOc1cc(/C=C2\SC(=O)N(CC(=O)OC)C2=O)ccc1OS(=O)(=O)c1ccc(NC(C)=O)cc1. The molecular weight excluding hydrogens is 512 g/mol. The molecule has 0 aliphatic carbocycles. The molecule has 13 heteroatoms. The fourth-order valence-electron chi connectivity index (χ4n) is 3.01. The van der Waals surface area contributed by atoms with Crippen LogP contribution in [-0.2, 0) is 29.2 Å². The number of benzene rings is 2. The van der Waals surface area contributed by atoms with Gasteiger partial charge in [-0.3, -0.25) is 24.1 Å². The summed E-state index contributed by atoms with van der Waals surface area (Å²) in [5.74, 6) is -1.67. The maximum Gasteiger partial charge on any atom is 0.339 e. The maximum absolute atomic E-state index is 12.8. The van der Waals surface area contributed by atoms with Gasteiger partial charge in [0.25, 0.3) is 11.1 Å². The molecule has 0 aromatic heterocycles. The van der Waals surface area contributed by atoms with E-state index in [2.05, 4.69) is 10.1 Å². The maximum atomic E-state index is 12.8. The Bertz CT molecular complexity index is 1340. The second-order valence-electron chi connectivity index (χ2n) is 7.23. The van der Waals surface area contributed by atoms with E-state index in [0.717, 1.165) is 12.0 Å². The van der Waals surface area contributed by atoms with Crippen LogP contribution in [0, 0.1) is 0 Å². The van der Waals surface area contributed by atoms with E-state index in [1.165, 1.54) is 55.5 Å². The minimum absolute atomic E-state index is 0.0758. The molecule has 1 fully saturated rings. The molecule has 0 saturated carbocycles. The molecule has 36 heavy (non-hydrogen) atoms. The van der Waals surface area contributed by atoms with Gasteiger partial charge in [0.15, 0.2) is 11.5 Å². The van der Waals surface area contributed by atoms with Crippen LogP contribution < -0.4 is 14.2 Å². The number of carbonyl (C=O) groups is 4. The van der Waals surface area contributed by atoms with Gasteiger partial charge < -0.3 is 19.0 Å². The highest BCUT2D eigenvalue weighted by molar-refractivity contribution is 8.18. The molecule has 1 aliphatic heterocycles. The molecule has 2 aromatic carbocycles. The van der Waals surface area contributed by atoms with Crippen molar-refractivity contribution in [2.45, 2.75) is 18.7 Å². The van der Waals surface area contributed by atoms with E-state index in [4.69, 9.17) is 8.92 Å². The molecule has 0 radical (unpaired) electrons. The number of methoxy groups -OCH3 is 1. The van der Waals surface area contributed by atoms with Crippen LogP contribution in [-0.4, -0.2) is 56.6 Å². The number of carbonyl (C=O) groups excluding carboxylic acids is 4. The van der Waals surface area contributed by atoms with Gasteiger partial charge in [0, 0.05) is 12.6 Å². The number of hydrogen-bond acceptors (Lipinski definition) is 10. The number of imide groups is 1. The van der Waals surface area contributed by atoms with Gasteiger partial charge in [0.2, 0.25) is 5.91 Å². The largest absolute Gasteiger partial charge is 0.490 e. The number of rotatable bonds is 9. The van der Waals surface area contributed by atoms with Crippen LogP contribution >= 0.6 is 11.8 Å². The first-order valence-electron chi connectivity index (χ1n) is 10.4. The summed E-state index contributed by atoms with van der Waals surface area (Å²) in [6, 6.07) is 9.75. The van der Waals surface area contributed by atoms with Crippen LogP contribution in [0.4, 0.5) is 10.5 Å². The van der Waals surface area contributed by atoms with Gasteiger partial charge in [-0.1, -0.05) is 6.07 Å². The summed E-state index contributed by atoms with van der Waals surface area (Å²) in [5, 5.41) is 1.93. The first-order valence-corrected chi connectivity index (χ1v) is 12.7. The third-order valence-electron chi connectivity index (χ3n) is 4.62. The van der Waals surface area contributed by atoms with Gasteiger partial charge in [0.1, 0.15) is 11.4 Å². The molecule has 1 heterocycles. The van der Waals surface area contributed by atoms with Crippen LogP contribution in [0.2, 0.25) is 0 Å². The Morgan fingerprint density at radius 2 is 1.78 bits per heavy atom. The quantitative estimate of drug-likeness (QED) is 0.289. The average molecular weight is 535 g/mol. The Morgan fingerprint density at radius 1 is 1.08 bits per heavy atom. The average Bonchev–Trinajstić information content (AvgIpc) is 3.08. The molecule has 3 rings (SSSR count). The third-order valence-corrected chi connectivity index (χ3v) is 6.77. The number of ether oxygens (including phenoxy) is 2. The fraction of sp³-hybridized carbons (Fsp3) is 0.217. The van der Waals surface area contributed by atoms with Crippen molar-refractivity contribution in [3.8, 4) is 11.5 Å². The summed E-state index contributed by atoms with van der Waals surface area (Å²) in [6.45, 7) is 2.73. The first kappa shape index (κ1) is 26.8. The zero-order chi connectivity index (χ0) is 26.5. The van der Waals surface area contributed by atoms with Gasteiger partial charge >= 0.3 is 16.1 Å². The van der Waals surface area contributed by atoms with Crippen LogP contribution in [0.5, 0.6) is 11.5 Å². The Kier molecular flexibility index (Phi) is 8.37. The number of amides is 3. The van der Waals surface area contributed by atoms with Crippen LogP contribution in [0.25, 0.3) is 6.08 Å². The standard InChI is InChI=1S/C23H22N2O9S2/c1-4-33-19-11-15(12-20-22(28)25(23(29)35-20)13-21(27)32-3)5-10-18(19)34-36(30,31)17-8-6-16(7-9-17)24-14(2)26/h5-12H,4,13H2,1-3H3,(H,24,26)/b20-12-. The molecule has 1 saturated heterocycles. The van der Waals surface area contributed by atoms with E-state index in [-0.39, 0.29) is 33.8 Å². The Hall–Kier alpha value is -3.84. The van der Waals surface area contributed by atoms with E-state index in [1.54, 1.807) is 6.92 Å². The summed E-state index contributed by atoms with van der Waals surface area (Å²) in [5.41, 5.74) is 0.864. The van der Waals surface area contributed by atoms with Crippen LogP contribution in [0.15, 0.2) is 52.3 Å². The van der Waals surface area contributed by atoms with E-state index in [9.17, 15) is 27.6 Å². The summed E-state index contributed by atoms with van der Waals surface area (Å²) in [7, 11) is -3.08. The van der Waals surface area contributed by atoms with Gasteiger partial charge in [-0.05, 0) is 66.7 Å². The smallest absolute Gasteiger partial charge is 0.339 e. The zero-order valence-electron chi connectivity index (χ0n) is 19.5. The molecule has 3 amide bonds. The number of nitrogens with zero attached hydrogens (tertiary/aromatic N) is 1. The molecule has 2 aromatic rings. The highest BCUT2D eigenvalue weighted by Crippen LogP contribution is 2.35. The Balaban J connectivity index is 1.84. The summed E-state index contributed by atoms with van der Waals surface area (Å²) >= 11 is 0.661. The van der Waals surface area contributed by atoms with Crippen LogP contribution in [0.3, 0.4) is 0 Å². The lowest BCUT2D eigenvalue weighted by atomic mass is 10.2. The summed E-state index contributed by atoms with van der Waals surface area (Å²) in [4.78, 5) is 48.0. The van der Waals surface area contributed by atoms with Gasteiger partial charge in [-0.2, -0.15) is 8.42 Å². The minimum atomic E-state index is -4.23. The number of nitrogens with one attached hydrogen (secondary N) is 1. The van der Waals surface area contributed by atoms with Crippen LogP contribution in [0.1, 0.15) is 19.4 Å². The van der Waals surface area contributed by atoms with Crippen molar-refractivity contribution >= 4 is 56.7 Å². The second kappa shape index (κ2) is 11.3. The predicted molar refractivity (Wildman–Crippen MR) is 131 cm³/mol. The van der Waals surface area contributed by atoms with Gasteiger partial charge in [-0.25, -0.2) is 0 Å². The highest BCUT2D eigenvalue weighted by atomic mass is 32.2. The molecule has 0 bridgehead atoms. The molecule has 1 N–H and O–H groups in total. The van der Waals surface area contributed by atoms with Crippen molar-refractivity contribution in [2.24, 2.45) is 0 Å². The first-order chi connectivity index (χ1) is 17.0. The highest BCUT2D eigenvalue weighted by Gasteiger charge is 2.36. The number of thioether (sulfide) groups is 1. The van der Waals surface area contributed by atoms with E-state index < -0.39 is 33.8 Å². The molecular formula is C23H22N2O9S2. The summed E-state index contributed by atoms with van der Waals surface area (Å²) < 4.78 is 40.9. The van der Waals surface area contributed by atoms with Crippen molar-refractivity contribution in [3.05, 3.63) is 52.9 Å². The molecule has 1 aliphatic rings. The monoisotopic (exact) mass is 534 g/mol. The molecule has 0 atom stereocenters. The van der Waals surface area contributed by atoms with Crippen molar-refractivity contribution < 1.29 is 41.3 Å². The molecule has 190 valence electrons. The molecule has 0 unspecified atom stereocenters. The van der Waals surface area contributed by atoms with E-state index in [0.29, 0.717) is 23.0 Å². The van der Waals surface area contributed by atoms with Crippen molar-refractivity contribution in [2.75, 3.05) is 25.6 Å². The number of esters is 1. The number of hydrogen-bond donors (Lipinski definition) is 1. The zero-order valence-corrected chi connectivity index (χ0v) is 21.1. The Morgan fingerprint density at radius 3 is 2.39 bits per heavy atom. The minimum Gasteiger partial charge on any atom is -0.490 e. The van der Waals surface area contributed by atoms with E-state index in [1.807, 2.05) is 0 Å². The molecule has 11 nitrogen and oxygen atoms in total. The second-order valence-corrected chi connectivity index (χ2v) is 9.77. The Labute approximate surface area is 211 Å². The normalized spacial score (nSPS) is 14.6. The lowest BCUT2D eigenvalue weighted by Gasteiger charge is -2.13. The van der Waals surface area contributed by atoms with Crippen molar-refractivity contribution in [3.63, 3.8) is 0 Å². The van der Waals surface area contributed by atoms with E-state index >= 15 is 0 Å². The number of anilines is 1. The lowest BCUT2D eigenvalue weighted by molar-refractivity contribution is -0.143. The third kappa shape index (κ3) is 6.43.